The number of imide groups is 1. The quantitative estimate of drug-likeness (QED) is 0.327. The molecule has 0 spiro atoms. The number of anilines is 1. The third-order valence-corrected chi connectivity index (χ3v) is 8.74. The molecule has 1 atom stereocenters. The van der Waals surface area contributed by atoms with E-state index in [2.05, 4.69) is 20.2 Å². The third-order valence-electron chi connectivity index (χ3n) is 8.74. The van der Waals surface area contributed by atoms with Crippen LogP contribution < -0.4 is 16.0 Å². The summed E-state index contributed by atoms with van der Waals surface area (Å²) in [5.74, 6) is -2.15. The molecule has 0 bridgehead atoms. The molecule has 3 aliphatic heterocycles. The summed E-state index contributed by atoms with van der Waals surface area (Å²) in [5.41, 5.74) is 9.89. The largest absolute Gasteiger partial charge is 0.369 e. The zero-order valence-electron chi connectivity index (χ0n) is 23.8. The highest BCUT2D eigenvalue weighted by Gasteiger charge is 2.39. The number of rotatable bonds is 6. The Hall–Kier alpha value is -5.10. The van der Waals surface area contributed by atoms with Crippen LogP contribution in [0.3, 0.4) is 0 Å². The summed E-state index contributed by atoms with van der Waals surface area (Å²) in [6.07, 6.45) is 2.31. The number of nitrogens with two attached hydrogens (primary N) is 1. The number of hydrogen-bond donors (Lipinski definition) is 2. The first-order valence-corrected chi connectivity index (χ1v) is 14.6. The Morgan fingerprint density at radius 3 is 2.48 bits per heavy atom. The molecule has 3 aliphatic rings. The monoisotopic (exact) mass is 595 g/mol. The van der Waals surface area contributed by atoms with Crippen molar-refractivity contribution in [1.82, 2.24) is 24.9 Å². The van der Waals surface area contributed by atoms with Gasteiger partial charge in [-0.15, -0.1) is 0 Å². The van der Waals surface area contributed by atoms with E-state index in [9.17, 15) is 19.2 Å². The highest BCUT2D eigenvalue weighted by atomic mass is 19.1. The molecule has 0 saturated carbocycles. The third kappa shape index (κ3) is 4.96. The molecule has 224 valence electrons. The lowest BCUT2D eigenvalue weighted by atomic mass is 10.0. The molecule has 11 nitrogen and oxygen atoms in total. The van der Waals surface area contributed by atoms with E-state index in [1.54, 1.807) is 22.9 Å². The maximum absolute atomic E-state index is 15.2. The van der Waals surface area contributed by atoms with Crippen molar-refractivity contribution in [2.45, 2.75) is 32.0 Å². The van der Waals surface area contributed by atoms with E-state index in [1.165, 1.54) is 11.0 Å². The topological polar surface area (TPSA) is 134 Å². The highest BCUT2D eigenvalue weighted by Crippen LogP contribution is 2.30. The predicted molar refractivity (Wildman–Crippen MR) is 160 cm³/mol. The van der Waals surface area contributed by atoms with Crippen LogP contribution in [0.15, 0.2) is 60.8 Å². The zero-order valence-corrected chi connectivity index (χ0v) is 23.8. The van der Waals surface area contributed by atoms with Gasteiger partial charge < -0.3 is 15.5 Å². The number of hydrogen-bond acceptors (Lipinski definition) is 7. The molecule has 7 rings (SSSR count). The second-order valence-electron chi connectivity index (χ2n) is 11.5. The number of carbonyl (C=O) groups excluding carboxylic acids is 4. The number of benzene rings is 3. The van der Waals surface area contributed by atoms with Crippen molar-refractivity contribution in [2.75, 3.05) is 31.1 Å². The minimum atomic E-state index is -0.727. The minimum absolute atomic E-state index is 0.174. The number of carbonyl (C=O) groups is 4. The second kappa shape index (κ2) is 10.9. The fourth-order valence-corrected chi connectivity index (χ4v) is 6.36. The smallest absolute Gasteiger partial charge is 0.255 e. The molecule has 4 amide bonds. The summed E-state index contributed by atoms with van der Waals surface area (Å²) in [6.45, 7) is 3.64. The molecule has 2 saturated heterocycles. The molecule has 0 radical (unpaired) electrons. The number of nitrogens with zero attached hydrogens (tertiary/aromatic N) is 5. The van der Waals surface area contributed by atoms with Gasteiger partial charge in [0.2, 0.25) is 11.8 Å². The summed E-state index contributed by atoms with van der Waals surface area (Å²) in [5, 5.41) is 7.70. The van der Waals surface area contributed by atoms with Gasteiger partial charge in [0.15, 0.2) is 0 Å². The van der Waals surface area contributed by atoms with Gasteiger partial charge in [0.05, 0.1) is 11.3 Å². The van der Waals surface area contributed by atoms with Crippen LogP contribution in [0.2, 0.25) is 0 Å². The van der Waals surface area contributed by atoms with E-state index in [0.717, 1.165) is 42.9 Å². The molecule has 0 aliphatic carbocycles. The molecule has 1 unspecified atom stereocenters. The van der Waals surface area contributed by atoms with Gasteiger partial charge in [0.1, 0.15) is 17.4 Å². The van der Waals surface area contributed by atoms with Gasteiger partial charge >= 0.3 is 0 Å². The normalized spacial score (nSPS) is 19.0. The van der Waals surface area contributed by atoms with Crippen LogP contribution in [0.4, 0.5) is 10.1 Å². The number of fused-ring (bicyclic) bond motifs is 2. The predicted octanol–water partition coefficient (Wildman–Crippen LogP) is 2.35. The minimum Gasteiger partial charge on any atom is -0.369 e. The van der Waals surface area contributed by atoms with Crippen molar-refractivity contribution in [3.8, 4) is 5.69 Å². The van der Waals surface area contributed by atoms with Gasteiger partial charge in [-0.05, 0) is 54.4 Å². The summed E-state index contributed by atoms with van der Waals surface area (Å²) in [7, 11) is 0. The fourth-order valence-electron chi connectivity index (χ4n) is 6.36. The second-order valence-corrected chi connectivity index (χ2v) is 11.5. The Kier molecular flexibility index (Phi) is 6.85. The van der Waals surface area contributed by atoms with E-state index in [1.807, 2.05) is 36.5 Å². The lowest BCUT2D eigenvalue weighted by Crippen LogP contribution is -2.52. The summed E-state index contributed by atoms with van der Waals surface area (Å²) >= 11 is 0. The number of aromatic nitrogens is 2. The van der Waals surface area contributed by atoms with Crippen LogP contribution in [0.25, 0.3) is 16.6 Å². The van der Waals surface area contributed by atoms with E-state index in [0.29, 0.717) is 28.8 Å². The van der Waals surface area contributed by atoms with Crippen molar-refractivity contribution in [3.05, 3.63) is 88.9 Å². The number of piperazine rings is 1. The van der Waals surface area contributed by atoms with Crippen LogP contribution >= 0.6 is 0 Å². The molecule has 3 N–H and O–H groups in total. The number of primary amides is 1. The number of nitrogens with one attached hydrogen (secondary N) is 1. The van der Waals surface area contributed by atoms with Gasteiger partial charge in [-0.2, -0.15) is 5.10 Å². The summed E-state index contributed by atoms with van der Waals surface area (Å²) in [4.78, 5) is 54.5. The first kappa shape index (κ1) is 27.7. The molecular weight excluding hydrogens is 565 g/mol. The first-order valence-electron chi connectivity index (χ1n) is 14.6. The van der Waals surface area contributed by atoms with Crippen LogP contribution in [0, 0.1) is 5.82 Å². The SMILES string of the molecule is NC(=O)c1cccc2cn(-c3ccc(N4CCN(Cc5cc6c(cc5F)C(=O)N(C5CCC(=O)NC5=O)C6)CC4)cc3)nc12. The standard InChI is InChI=1S/C32H30FN7O4/c33-26-15-25-20(17-39(32(25)44)27-8-9-28(41)35-31(27)43)14-21(26)16-37-10-12-38(13-11-37)22-4-6-23(7-5-22)40-18-19-2-1-3-24(30(34)42)29(19)36-40/h1-7,14-15,18,27H,8-13,16-17H2,(H2,34,42)(H,35,41,43). The number of halogens is 1. The summed E-state index contributed by atoms with van der Waals surface area (Å²) in [6, 6.07) is 15.7. The number of piperidine rings is 1. The maximum atomic E-state index is 15.2. The summed E-state index contributed by atoms with van der Waals surface area (Å²) < 4.78 is 16.9. The average molecular weight is 596 g/mol. The van der Waals surface area contributed by atoms with E-state index < -0.39 is 23.7 Å². The van der Waals surface area contributed by atoms with Crippen molar-refractivity contribution < 1.29 is 23.6 Å². The van der Waals surface area contributed by atoms with Crippen molar-refractivity contribution in [3.63, 3.8) is 0 Å². The molecule has 1 aromatic heterocycles. The molecule has 3 aromatic carbocycles. The van der Waals surface area contributed by atoms with Gasteiger partial charge in [-0.1, -0.05) is 12.1 Å². The Balaban J connectivity index is 0.986. The average Bonchev–Trinajstić information content (AvgIpc) is 3.59. The van der Waals surface area contributed by atoms with Crippen molar-refractivity contribution in [1.29, 1.82) is 0 Å². The molecule has 44 heavy (non-hydrogen) atoms. The van der Waals surface area contributed by atoms with E-state index >= 15 is 4.39 Å². The maximum Gasteiger partial charge on any atom is 0.255 e. The fraction of sp³-hybridized carbons (Fsp3) is 0.281. The zero-order chi connectivity index (χ0) is 30.5. The molecule has 4 aromatic rings. The van der Waals surface area contributed by atoms with Gasteiger partial charge in [-0.3, -0.25) is 29.4 Å². The Morgan fingerprint density at radius 2 is 1.75 bits per heavy atom. The Labute approximate surface area is 252 Å². The van der Waals surface area contributed by atoms with Crippen LogP contribution in [0.1, 0.15) is 44.7 Å². The Bertz CT molecular complexity index is 1830. The van der Waals surface area contributed by atoms with Crippen molar-refractivity contribution in [2.24, 2.45) is 5.73 Å². The van der Waals surface area contributed by atoms with Crippen LogP contribution in [-0.4, -0.2) is 75.4 Å². The molecule has 12 heteroatoms. The highest BCUT2D eigenvalue weighted by molar-refractivity contribution is 6.06. The lowest BCUT2D eigenvalue weighted by Gasteiger charge is -2.36. The lowest BCUT2D eigenvalue weighted by molar-refractivity contribution is -0.136. The number of amides is 4. The first-order chi connectivity index (χ1) is 21.2. The van der Waals surface area contributed by atoms with Gasteiger partial charge in [-0.25, -0.2) is 9.07 Å². The van der Waals surface area contributed by atoms with Gasteiger partial charge in [0.25, 0.3) is 11.8 Å². The van der Waals surface area contributed by atoms with Crippen LogP contribution in [0.5, 0.6) is 0 Å². The Morgan fingerprint density at radius 1 is 1.00 bits per heavy atom. The molecule has 4 heterocycles. The van der Waals surface area contributed by atoms with Gasteiger partial charge in [0, 0.05) is 74.1 Å². The molecule has 2 fully saturated rings. The molecular formula is C32H30FN7O4. The van der Waals surface area contributed by atoms with E-state index in [-0.39, 0.29) is 36.8 Å². The van der Waals surface area contributed by atoms with Crippen molar-refractivity contribution >= 4 is 40.2 Å². The van der Waals surface area contributed by atoms with E-state index in [4.69, 9.17) is 5.73 Å². The van der Waals surface area contributed by atoms with Crippen LogP contribution in [-0.2, 0) is 22.7 Å².